The normalized spacial score (nSPS) is 17.0. The highest BCUT2D eigenvalue weighted by atomic mass is 16.0. The summed E-state index contributed by atoms with van der Waals surface area (Å²) in [5, 5.41) is 0. The Morgan fingerprint density at radius 3 is 2.06 bits per heavy atom. The molecule has 1 heterocycles. The van der Waals surface area contributed by atoms with Gasteiger partial charge in [0.25, 0.3) is 0 Å². The lowest BCUT2D eigenvalue weighted by Gasteiger charge is -2.32. The highest BCUT2D eigenvalue weighted by Crippen LogP contribution is 2.06. The van der Waals surface area contributed by atoms with Gasteiger partial charge < -0.3 is 15.9 Å². The topological polar surface area (TPSA) is 69.5 Å². The van der Waals surface area contributed by atoms with Crippen molar-refractivity contribution in [1.29, 1.82) is 0 Å². The van der Waals surface area contributed by atoms with Crippen molar-refractivity contribution in [1.82, 2.24) is 9.80 Å². The van der Waals surface area contributed by atoms with Crippen LogP contribution >= 0.6 is 0 Å². The van der Waals surface area contributed by atoms with Crippen LogP contribution in [0.1, 0.15) is 5.56 Å². The van der Waals surface area contributed by atoms with Crippen LogP contribution in [-0.2, 0) is 6.54 Å². The molecule has 17 heavy (non-hydrogen) atoms. The van der Waals surface area contributed by atoms with Crippen LogP contribution < -0.4 is 5.46 Å². The van der Waals surface area contributed by atoms with Gasteiger partial charge in [0.2, 0.25) is 0 Å². The maximum absolute atomic E-state index is 2.53. The summed E-state index contributed by atoms with van der Waals surface area (Å²) in [4.78, 5) is 4.93. The van der Waals surface area contributed by atoms with Crippen molar-refractivity contribution < 1.29 is 11.0 Å². The zero-order chi connectivity index (χ0) is 10.7. The molecule has 0 amide bonds. The van der Waals surface area contributed by atoms with Gasteiger partial charge in [-0.15, -0.1) is 0 Å². The third kappa shape index (κ3) is 4.87. The fourth-order valence-corrected chi connectivity index (χ4v) is 1.96. The summed E-state index contributed by atoms with van der Waals surface area (Å²) in [6, 6.07) is 8.89. The first-order valence-electron chi connectivity index (χ1n) is 5.70. The van der Waals surface area contributed by atoms with E-state index in [1.807, 2.05) is 0 Å². The van der Waals surface area contributed by atoms with Crippen LogP contribution in [0.3, 0.4) is 0 Å². The van der Waals surface area contributed by atoms with Gasteiger partial charge in [0.1, 0.15) is 7.85 Å². The van der Waals surface area contributed by atoms with Crippen LogP contribution in [-0.4, -0.2) is 61.8 Å². The Morgan fingerprint density at radius 2 is 1.53 bits per heavy atom. The Morgan fingerprint density at radius 1 is 1.00 bits per heavy atom. The molecule has 0 saturated carbocycles. The molecule has 0 atom stereocenters. The molecule has 1 aliphatic heterocycles. The highest BCUT2D eigenvalue weighted by molar-refractivity contribution is 6.32. The predicted octanol–water partition coefficient (Wildman–Crippen LogP) is -1.96. The minimum atomic E-state index is 0. The third-order valence-electron chi connectivity index (χ3n) is 3.12. The minimum Gasteiger partial charge on any atom is -0.412 e. The van der Waals surface area contributed by atoms with E-state index in [1.54, 1.807) is 0 Å². The van der Waals surface area contributed by atoms with E-state index in [4.69, 9.17) is 0 Å². The van der Waals surface area contributed by atoms with Crippen LogP contribution in [0.25, 0.3) is 0 Å². The Balaban J connectivity index is 0.00000128. The summed E-state index contributed by atoms with van der Waals surface area (Å²) in [5.74, 6) is 0. The molecule has 1 fully saturated rings. The van der Waals surface area contributed by atoms with Gasteiger partial charge in [0.15, 0.2) is 0 Å². The molecule has 0 spiro atoms. The largest absolute Gasteiger partial charge is 0.412 e. The van der Waals surface area contributed by atoms with Gasteiger partial charge >= 0.3 is 0 Å². The Hall–Kier alpha value is -0.875. The molecule has 1 aliphatic rings. The zero-order valence-corrected chi connectivity index (χ0v) is 10.7. The van der Waals surface area contributed by atoms with Crippen LogP contribution in [0.15, 0.2) is 24.3 Å². The second kappa shape index (κ2) is 7.45. The molecule has 0 radical (unpaired) electrons. The summed E-state index contributed by atoms with van der Waals surface area (Å²) in [5.41, 5.74) is 2.78. The molecule has 2 rings (SSSR count). The fourth-order valence-electron chi connectivity index (χ4n) is 1.96. The van der Waals surface area contributed by atoms with E-state index in [-0.39, 0.29) is 11.0 Å². The summed E-state index contributed by atoms with van der Waals surface area (Å²) >= 11 is 0. The zero-order valence-electron chi connectivity index (χ0n) is 10.7. The van der Waals surface area contributed by atoms with Crippen LogP contribution in [0.2, 0.25) is 0 Å². The van der Waals surface area contributed by atoms with E-state index in [1.165, 1.54) is 37.2 Å². The third-order valence-corrected chi connectivity index (χ3v) is 3.12. The minimum absolute atomic E-state index is 0. The first kappa shape index (κ1) is 16.1. The monoisotopic (exact) mass is 238 g/mol. The predicted molar refractivity (Wildman–Crippen MR) is 74.6 cm³/mol. The van der Waals surface area contributed by atoms with E-state index < -0.39 is 0 Å². The second-order valence-electron chi connectivity index (χ2n) is 4.57. The number of benzene rings is 1. The van der Waals surface area contributed by atoms with E-state index in [0.717, 1.165) is 6.54 Å². The lowest BCUT2D eigenvalue weighted by atomic mass is 9.95. The summed E-state index contributed by atoms with van der Waals surface area (Å²) in [6.45, 7) is 5.90. The molecular weight excluding hydrogens is 215 g/mol. The van der Waals surface area contributed by atoms with Gasteiger partial charge in [-0.05, 0) is 12.6 Å². The molecular formula is C12H23BN2O2. The molecule has 0 bridgehead atoms. The van der Waals surface area contributed by atoms with Crippen LogP contribution in [0, 0.1) is 0 Å². The second-order valence-corrected chi connectivity index (χ2v) is 4.57. The first-order chi connectivity index (χ1) is 7.24. The molecule has 0 aromatic heterocycles. The van der Waals surface area contributed by atoms with Gasteiger partial charge in [-0.25, -0.2) is 0 Å². The SMILES string of the molecule is Bc1ccc(CN2CCN(C)CC2)cc1.O.O. The molecule has 96 valence electrons. The van der Waals surface area contributed by atoms with E-state index >= 15 is 0 Å². The van der Waals surface area contributed by atoms with Gasteiger partial charge in [-0.3, -0.25) is 4.90 Å². The van der Waals surface area contributed by atoms with Crippen molar-refractivity contribution in [3.63, 3.8) is 0 Å². The number of nitrogens with zero attached hydrogens (tertiary/aromatic N) is 2. The number of likely N-dealkylation sites (N-methyl/N-ethyl adjacent to an activating group) is 1. The molecule has 1 saturated heterocycles. The van der Waals surface area contributed by atoms with Crippen LogP contribution in [0.4, 0.5) is 0 Å². The standard InChI is InChI=1S/C12H19BN2.2H2O/c1-14-6-8-15(9-7-14)10-11-2-4-12(13)5-3-11;;/h2-5H,6-10,13H2,1H3;2*1H2. The summed E-state index contributed by atoms with van der Waals surface area (Å²) in [7, 11) is 4.34. The average molecular weight is 238 g/mol. The average Bonchev–Trinajstić information content (AvgIpc) is 2.25. The highest BCUT2D eigenvalue weighted by Gasteiger charge is 2.13. The van der Waals surface area contributed by atoms with Gasteiger partial charge in [0.05, 0.1) is 0 Å². The lowest BCUT2D eigenvalue weighted by Crippen LogP contribution is -2.43. The molecule has 4 nitrogen and oxygen atoms in total. The van der Waals surface area contributed by atoms with Crippen molar-refractivity contribution in [2.75, 3.05) is 33.2 Å². The maximum atomic E-state index is 2.53. The Bertz CT molecular complexity index is 311. The number of piperazine rings is 1. The summed E-state index contributed by atoms with van der Waals surface area (Å²) in [6.07, 6.45) is 0. The van der Waals surface area contributed by atoms with E-state index in [9.17, 15) is 0 Å². The van der Waals surface area contributed by atoms with Gasteiger partial charge in [-0.1, -0.05) is 29.7 Å². The molecule has 0 unspecified atom stereocenters. The van der Waals surface area contributed by atoms with Crippen molar-refractivity contribution in [3.8, 4) is 0 Å². The molecule has 1 aromatic carbocycles. The van der Waals surface area contributed by atoms with Crippen molar-refractivity contribution >= 4 is 13.3 Å². The van der Waals surface area contributed by atoms with Crippen molar-refractivity contribution in [2.24, 2.45) is 0 Å². The number of hydrogen-bond acceptors (Lipinski definition) is 2. The van der Waals surface area contributed by atoms with Crippen LogP contribution in [0.5, 0.6) is 0 Å². The van der Waals surface area contributed by atoms with Gasteiger partial charge in [-0.2, -0.15) is 0 Å². The lowest BCUT2D eigenvalue weighted by molar-refractivity contribution is 0.148. The molecule has 4 N–H and O–H groups in total. The van der Waals surface area contributed by atoms with Gasteiger partial charge in [0, 0.05) is 32.7 Å². The summed E-state index contributed by atoms with van der Waals surface area (Å²) < 4.78 is 0. The van der Waals surface area contributed by atoms with Crippen molar-refractivity contribution in [2.45, 2.75) is 6.54 Å². The fraction of sp³-hybridized carbons (Fsp3) is 0.500. The Kier molecular flexibility index (Phi) is 7.07. The van der Waals surface area contributed by atoms with E-state index in [0.29, 0.717) is 0 Å². The molecule has 1 aromatic rings. The number of hydrogen-bond donors (Lipinski definition) is 0. The quantitative estimate of drug-likeness (QED) is 0.561. The van der Waals surface area contributed by atoms with Crippen molar-refractivity contribution in [3.05, 3.63) is 29.8 Å². The molecule has 5 heteroatoms. The number of rotatable bonds is 2. The Labute approximate surface area is 104 Å². The van der Waals surface area contributed by atoms with E-state index in [2.05, 4.69) is 49.0 Å². The smallest absolute Gasteiger partial charge is 0.139 e. The maximum Gasteiger partial charge on any atom is 0.139 e. The first-order valence-corrected chi connectivity index (χ1v) is 5.70. The molecule has 0 aliphatic carbocycles.